The fourth-order valence-electron chi connectivity index (χ4n) is 1.78. The summed E-state index contributed by atoms with van der Waals surface area (Å²) in [6, 6.07) is -0.103. The van der Waals surface area contributed by atoms with Gasteiger partial charge in [-0.25, -0.2) is 4.79 Å². The SMILES string of the molecule is CC(C)CN(CC(C)(C)C)C(=O)NCCCC(=O)O. The molecule has 19 heavy (non-hydrogen) atoms. The molecule has 0 aliphatic carbocycles. The summed E-state index contributed by atoms with van der Waals surface area (Å²) in [6.07, 6.45) is 0.551. The summed E-state index contributed by atoms with van der Waals surface area (Å²) in [5, 5.41) is 11.3. The third-order valence-corrected chi connectivity index (χ3v) is 2.38. The van der Waals surface area contributed by atoms with Gasteiger partial charge in [-0.05, 0) is 17.8 Å². The quantitative estimate of drug-likeness (QED) is 0.700. The van der Waals surface area contributed by atoms with Crippen LogP contribution in [0.3, 0.4) is 0 Å². The van der Waals surface area contributed by atoms with Crippen LogP contribution in [0.4, 0.5) is 4.79 Å². The second kappa shape index (κ2) is 8.02. The van der Waals surface area contributed by atoms with Crippen molar-refractivity contribution in [2.24, 2.45) is 11.3 Å². The standard InChI is InChI=1S/C14H28N2O3/c1-11(2)9-16(10-14(3,4)5)13(19)15-8-6-7-12(17)18/h11H,6-10H2,1-5H3,(H,15,19)(H,17,18). The molecule has 0 unspecified atom stereocenters. The minimum absolute atomic E-state index is 0.0489. The van der Waals surface area contributed by atoms with Crippen molar-refractivity contribution < 1.29 is 14.7 Å². The largest absolute Gasteiger partial charge is 0.481 e. The van der Waals surface area contributed by atoms with Crippen LogP contribution in [0.1, 0.15) is 47.5 Å². The molecule has 5 heteroatoms. The number of carbonyl (C=O) groups is 2. The number of carboxylic acids is 1. The molecule has 0 aliphatic heterocycles. The zero-order valence-electron chi connectivity index (χ0n) is 12.8. The van der Waals surface area contributed by atoms with E-state index < -0.39 is 5.97 Å². The molecule has 0 radical (unpaired) electrons. The van der Waals surface area contributed by atoms with Gasteiger partial charge in [0.05, 0.1) is 0 Å². The van der Waals surface area contributed by atoms with Crippen LogP contribution in [-0.2, 0) is 4.79 Å². The van der Waals surface area contributed by atoms with Crippen LogP contribution in [0.2, 0.25) is 0 Å². The Labute approximate surface area is 116 Å². The van der Waals surface area contributed by atoms with Crippen molar-refractivity contribution in [2.45, 2.75) is 47.5 Å². The molecule has 0 saturated heterocycles. The normalized spacial score (nSPS) is 11.5. The molecule has 112 valence electrons. The molecule has 0 spiro atoms. The summed E-state index contributed by atoms with van der Waals surface area (Å²) < 4.78 is 0. The number of carbonyl (C=O) groups excluding carboxylic acids is 1. The first kappa shape index (κ1) is 17.7. The van der Waals surface area contributed by atoms with E-state index in [4.69, 9.17) is 5.11 Å². The maximum Gasteiger partial charge on any atom is 0.317 e. The number of carboxylic acid groups (broad SMARTS) is 1. The van der Waals surface area contributed by atoms with Crippen LogP contribution >= 0.6 is 0 Å². The van der Waals surface area contributed by atoms with Gasteiger partial charge in [-0.1, -0.05) is 34.6 Å². The van der Waals surface area contributed by atoms with Gasteiger partial charge in [-0.2, -0.15) is 0 Å². The minimum Gasteiger partial charge on any atom is -0.481 e. The van der Waals surface area contributed by atoms with Crippen LogP contribution in [0.25, 0.3) is 0 Å². The average molecular weight is 272 g/mol. The molecule has 0 fully saturated rings. The van der Waals surface area contributed by atoms with Gasteiger partial charge in [0.1, 0.15) is 0 Å². The molecule has 5 nitrogen and oxygen atoms in total. The Balaban J connectivity index is 4.26. The lowest BCUT2D eigenvalue weighted by Crippen LogP contribution is -2.45. The lowest BCUT2D eigenvalue weighted by Gasteiger charge is -2.31. The van der Waals surface area contributed by atoms with Crippen molar-refractivity contribution in [1.82, 2.24) is 10.2 Å². The van der Waals surface area contributed by atoms with E-state index in [0.717, 1.165) is 0 Å². The highest BCUT2D eigenvalue weighted by Gasteiger charge is 2.21. The van der Waals surface area contributed by atoms with Gasteiger partial charge < -0.3 is 15.3 Å². The topological polar surface area (TPSA) is 69.6 Å². The number of hydrogen-bond donors (Lipinski definition) is 2. The number of aliphatic carboxylic acids is 1. The minimum atomic E-state index is -0.831. The van der Waals surface area contributed by atoms with Gasteiger partial charge in [0.15, 0.2) is 0 Å². The molecule has 0 bridgehead atoms. The van der Waals surface area contributed by atoms with Crippen LogP contribution < -0.4 is 5.32 Å². The van der Waals surface area contributed by atoms with Crippen molar-refractivity contribution in [2.75, 3.05) is 19.6 Å². The molecule has 0 atom stereocenters. The highest BCUT2D eigenvalue weighted by Crippen LogP contribution is 2.16. The Bertz CT molecular complexity index is 296. The van der Waals surface area contributed by atoms with Crippen LogP contribution in [0.15, 0.2) is 0 Å². The van der Waals surface area contributed by atoms with Gasteiger partial charge in [0.25, 0.3) is 0 Å². The van der Waals surface area contributed by atoms with E-state index in [9.17, 15) is 9.59 Å². The molecular formula is C14H28N2O3. The Hall–Kier alpha value is -1.26. The second-order valence-electron chi connectivity index (χ2n) is 6.56. The summed E-state index contributed by atoms with van der Waals surface area (Å²) in [5.74, 6) is -0.421. The lowest BCUT2D eigenvalue weighted by molar-refractivity contribution is -0.137. The summed E-state index contributed by atoms with van der Waals surface area (Å²) >= 11 is 0. The van der Waals surface area contributed by atoms with Gasteiger partial charge in [0, 0.05) is 26.1 Å². The van der Waals surface area contributed by atoms with E-state index in [-0.39, 0.29) is 17.9 Å². The second-order valence-corrected chi connectivity index (χ2v) is 6.56. The van der Waals surface area contributed by atoms with Crippen LogP contribution in [0.5, 0.6) is 0 Å². The number of rotatable bonds is 7. The smallest absolute Gasteiger partial charge is 0.317 e. The summed E-state index contributed by atoms with van der Waals surface area (Å²) in [6.45, 7) is 12.2. The summed E-state index contributed by atoms with van der Waals surface area (Å²) in [7, 11) is 0. The monoisotopic (exact) mass is 272 g/mol. The maximum atomic E-state index is 12.1. The van der Waals surface area contributed by atoms with Gasteiger partial charge in [-0.3, -0.25) is 4.79 Å². The molecular weight excluding hydrogens is 244 g/mol. The third kappa shape index (κ3) is 10.4. The Morgan fingerprint density at radius 2 is 1.84 bits per heavy atom. The number of nitrogens with one attached hydrogen (secondary N) is 1. The predicted octanol–water partition coefficient (Wildman–Crippen LogP) is 2.56. The number of urea groups is 1. The first-order valence-electron chi connectivity index (χ1n) is 6.86. The maximum absolute atomic E-state index is 12.1. The fraction of sp³-hybridized carbons (Fsp3) is 0.857. The first-order chi connectivity index (χ1) is 8.61. The van der Waals surface area contributed by atoms with E-state index in [1.807, 2.05) is 4.90 Å². The van der Waals surface area contributed by atoms with Crippen molar-refractivity contribution in [3.8, 4) is 0 Å². The zero-order valence-corrected chi connectivity index (χ0v) is 12.8. The van der Waals surface area contributed by atoms with Crippen molar-refractivity contribution >= 4 is 12.0 Å². The molecule has 0 aromatic rings. The van der Waals surface area contributed by atoms with Gasteiger partial charge in [-0.15, -0.1) is 0 Å². The molecule has 0 aliphatic rings. The van der Waals surface area contributed by atoms with Crippen molar-refractivity contribution in [3.05, 3.63) is 0 Å². The highest BCUT2D eigenvalue weighted by atomic mass is 16.4. The van der Waals surface area contributed by atoms with Crippen LogP contribution in [0, 0.1) is 11.3 Å². The first-order valence-corrected chi connectivity index (χ1v) is 6.86. The van der Waals surface area contributed by atoms with E-state index in [2.05, 4.69) is 39.9 Å². The average Bonchev–Trinajstić information content (AvgIpc) is 2.20. The molecule has 2 amide bonds. The van der Waals surface area contributed by atoms with E-state index in [1.165, 1.54) is 0 Å². The number of nitrogens with zero attached hydrogens (tertiary/aromatic N) is 1. The van der Waals surface area contributed by atoms with Gasteiger partial charge >= 0.3 is 12.0 Å². The molecule has 0 rings (SSSR count). The van der Waals surface area contributed by atoms with Crippen molar-refractivity contribution in [3.63, 3.8) is 0 Å². The van der Waals surface area contributed by atoms with Gasteiger partial charge in [0.2, 0.25) is 0 Å². The zero-order chi connectivity index (χ0) is 15.1. The Morgan fingerprint density at radius 3 is 2.26 bits per heavy atom. The van der Waals surface area contributed by atoms with E-state index in [0.29, 0.717) is 32.0 Å². The summed E-state index contributed by atoms with van der Waals surface area (Å²) in [4.78, 5) is 24.3. The number of amides is 2. The van der Waals surface area contributed by atoms with E-state index >= 15 is 0 Å². The molecule has 0 heterocycles. The molecule has 0 aromatic heterocycles. The Morgan fingerprint density at radius 1 is 1.26 bits per heavy atom. The number of hydrogen-bond acceptors (Lipinski definition) is 2. The Kier molecular flexibility index (Phi) is 7.49. The van der Waals surface area contributed by atoms with E-state index in [1.54, 1.807) is 0 Å². The summed E-state index contributed by atoms with van der Waals surface area (Å²) in [5.41, 5.74) is 0.0489. The lowest BCUT2D eigenvalue weighted by atomic mass is 9.96. The fourth-order valence-corrected chi connectivity index (χ4v) is 1.78. The molecule has 2 N–H and O–H groups in total. The predicted molar refractivity (Wildman–Crippen MR) is 76.1 cm³/mol. The molecule has 0 saturated carbocycles. The molecule has 0 aromatic carbocycles. The van der Waals surface area contributed by atoms with Crippen molar-refractivity contribution in [1.29, 1.82) is 0 Å². The highest BCUT2D eigenvalue weighted by molar-refractivity contribution is 5.74. The third-order valence-electron chi connectivity index (χ3n) is 2.38. The van der Waals surface area contributed by atoms with Crippen LogP contribution in [-0.4, -0.2) is 41.6 Å².